The molecule has 4 heteroatoms. The van der Waals surface area contributed by atoms with E-state index in [0.717, 1.165) is 25.4 Å². The SMILES string of the molecule is CS(=O)CCN1CCCCCC1CN. The van der Waals surface area contributed by atoms with Crippen LogP contribution in [0.4, 0.5) is 0 Å². The van der Waals surface area contributed by atoms with Crippen molar-refractivity contribution in [2.24, 2.45) is 5.73 Å². The van der Waals surface area contributed by atoms with Crippen LogP contribution < -0.4 is 5.73 Å². The summed E-state index contributed by atoms with van der Waals surface area (Å²) < 4.78 is 11.0. The van der Waals surface area contributed by atoms with Crippen LogP contribution in [-0.2, 0) is 10.8 Å². The van der Waals surface area contributed by atoms with Crippen molar-refractivity contribution in [1.82, 2.24) is 4.90 Å². The lowest BCUT2D eigenvalue weighted by atomic mass is 10.1. The fourth-order valence-corrected chi connectivity index (χ4v) is 2.54. The number of nitrogens with two attached hydrogens (primary N) is 1. The zero-order valence-corrected chi connectivity index (χ0v) is 9.89. The van der Waals surface area contributed by atoms with Gasteiger partial charge in [-0.2, -0.15) is 0 Å². The van der Waals surface area contributed by atoms with Gasteiger partial charge in [0.15, 0.2) is 0 Å². The molecule has 1 fully saturated rings. The van der Waals surface area contributed by atoms with Gasteiger partial charge in [-0.25, -0.2) is 0 Å². The lowest BCUT2D eigenvalue weighted by Gasteiger charge is -2.28. The second-order valence-corrected chi connectivity index (χ2v) is 5.61. The van der Waals surface area contributed by atoms with Gasteiger partial charge in [-0.1, -0.05) is 12.8 Å². The summed E-state index contributed by atoms with van der Waals surface area (Å²) in [4.78, 5) is 2.42. The molecule has 0 aromatic rings. The molecule has 84 valence electrons. The van der Waals surface area contributed by atoms with Crippen LogP contribution in [0, 0.1) is 0 Å². The number of likely N-dealkylation sites (tertiary alicyclic amines) is 1. The molecular formula is C10H22N2OS. The minimum Gasteiger partial charge on any atom is -0.329 e. The van der Waals surface area contributed by atoms with E-state index in [0.29, 0.717) is 6.04 Å². The van der Waals surface area contributed by atoms with Crippen LogP contribution >= 0.6 is 0 Å². The van der Waals surface area contributed by atoms with Crippen molar-refractivity contribution in [3.05, 3.63) is 0 Å². The van der Waals surface area contributed by atoms with Crippen molar-refractivity contribution in [2.75, 3.05) is 31.6 Å². The summed E-state index contributed by atoms with van der Waals surface area (Å²) in [7, 11) is -0.672. The first kappa shape index (κ1) is 12.1. The molecule has 0 bridgehead atoms. The summed E-state index contributed by atoms with van der Waals surface area (Å²) in [5.41, 5.74) is 5.75. The van der Waals surface area contributed by atoms with Gasteiger partial charge in [0.25, 0.3) is 0 Å². The van der Waals surface area contributed by atoms with Gasteiger partial charge in [-0.05, 0) is 19.4 Å². The molecule has 0 radical (unpaired) electrons. The average molecular weight is 218 g/mol. The first-order valence-electron chi connectivity index (χ1n) is 5.48. The Morgan fingerprint density at radius 3 is 2.86 bits per heavy atom. The normalized spacial score (nSPS) is 27.1. The van der Waals surface area contributed by atoms with Gasteiger partial charge in [-0.3, -0.25) is 9.11 Å². The van der Waals surface area contributed by atoms with Crippen LogP contribution in [0.3, 0.4) is 0 Å². The van der Waals surface area contributed by atoms with E-state index in [1.165, 1.54) is 25.7 Å². The van der Waals surface area contributed by atoms with Gasteiger partial charge in [0.1, 0.15) is 0 Å². The van der Waals surface area contributed by atoms with E-state index < -0.39 is 10.8 Å². The summed E-state index contributed by atoms with van der Waals surface area (Å²) in [5, 5.41) is 0. The molecule has 2 N–H and O–H groups in total. The Bertz CT molecular complexity index is 187. The Balaban J connectivity index is 2.39. The molecule has 1 rings (SSSR count). The third-order valence-corrected chi connectivity index (χ3v) is 3.69. The number of hydrogen-bond donors (Lipinski definition) is 1. The molecule has 0 spiro atoms. The van der Waals surface area contributed by atoms with Gasteiger partial charge in [0.05, 0.1) is 0 Å². The molecule has 1 heterocycles. The van der Waals surface area contributed by atoms with Crippen molar-refractivity contribution in [1.29, 1.82) is 0 Å². The maximum atomic E-state index is 11.0. The van der Waals surface area contributed by atoms with Crippen molar-refractivity contribution in [3.8, 4) is 0 Å². The Morgan fingerprint density at radius 1 is 1.43 bits per heavy atom. The maximum absolute atomic E-state index is 11.0. The minimum absolute atomic E-state index is 0.529. The zero-order valence-electron chi connectivity index (χ0n) is 9.08. The van der Waals surface area contributed by atoms with E-state index in [9.17, 15) is 4.21 Å². The van der Waals surface area contributed by atoms with Crippen LogP contribution in [0.15, 0.2) is 0 Å². The minimum atomic E-state index is -0.672. The number of nitrogens with zero attached hydrogens (tertiary/aromatic N) is 1. The van der Waals surface area contributed by atoms with E-state index in [4.69, 9.17) is 5.73 Å². The van der Waals surface area contributed by atoms with Crippen molar-refractivity contribution in [2.45, 2.75) is 31.7 Å². The van der Waals surface area contributed by atoms with Gasteiger partial charge in [0.2, 0.25) is 0 Å². The van der Waals surface area contributed by atoms with Crippen molar-refractivity contribution in [3.63, 3.8) is 0 Å². The highest BCUT2D eigenvalue weighted by molar-refractivity contribution is 7.84. The third-order valence-electron chi connectivity index (χ3n) is 2.94. The second kappa shape index (κ2) is 6.53. The fraction of sp³-hybridized carbons (Fsp3) is 1.00. The quantitative estimate of drug-likeness (QED) is 0.750. The molecule has 2 unspecified atom stereocenters. The van der Waals surface area contributed by atoms with Gasteiger partial charge < -0.3 is 5.73 Å². The Hall–Kier alpha value is 0.0700. The number of rotatable bonds is 4. The van der Waals surface area contributed by atoms with Crippen molar-refractivity contribution < 1.29 is 4.21 Å². The Morgan fingerprint density at radius 2 is 2.21 bits per heavy atom. The van der Waals surface area contributed by atoms with Crippen molar-refractivity contribution >= 4 is 10.8 Å². The summed E-state index contributed by atoms with van der Waals surface area (Å²) in [6.07, 6.45) is 6.88. The van der Waals surface area contributed by atoms with Crippen LogP contribution in [0.2, 0.25) is 0 Å². The molecule has 2 atom stereocenters. The maximum Gasteiger partial charge on any atom is 0.0359 e. The van der Waals surface area contributed by atoms with E-state index in [-0.39, 0.29) is 0 Å². The molecule has 14 heavy (non-hydrogen) atoms. The summed E-state index contributed by atoms with van der Waals surface area (Å²) in [6.45, 7) is 2.83. The van der Waals surface area contributed by atoms with E-state index in [2.05, 4.69) is 4.90 Å². The molecule has 3 nitrogen and oxygen atoms in total. The lowest BCUT2D eigenvalue weighted by Crippen LogP contribution is -2.42. The van der Waals surface area contributed by atoms with E-state index in [1.54, 1.807) is 6.26 Å². The highest BCUT2D eigenvalue weighted by Crippen LogP contribution is 2.15. The highest BCUT2D eigenvalue weighted by Gasteiger charge is 2.19. The first-order valence-corrected chi connectivity index (χ1v) is 7.21. The van der Waals surface area contributed by atoms with Crippen LogP contribution in [0.5, 0.6) is 0 Å². The Labute approximate surface area is 89.5 Å². The molecule has 0 aromatic heterocycles. The monoisotopic (exact) mass is 218 g/mol. The summed E-state index contributed by atoms with van der Waals surface area (Å²) in [5.74, 6) is 0.788. The Kier molecular flexibility index (Phi) is 5.67. The van der Waals surface area contributed by atoms with Crippen LogP contribution in [-0.4, -0.2) is 46.8 Å². The van der Waals surface area contributed by atoms with Crippen LogP contribution in [0.1, 0.15) is 25.7 Å². The van der Waals surface area contributed by atoms with Gasteiger partial charge in [0, 0.05) is 41.9 Å². The smallest absolute Gasteiger partial charge is 0.0359 e. The molecule has 0 aromatic carbocycles. The predicted octanol–water partition coefficient (Wildman–Crippen LogP) is 0.568. The molecule has 0 aliphatic carbocycles. The summed E-state index contributed by atoms with van der Waals surface area (Å²) >= 11 is 0. The molecular weight excluding hydrogens is 196 g/mol. The molecule has 1 aliphatic heterocycles. The largest absolute Gasteiger partial charge is 0.329 e. The predicted molar refractivity (Wildman–Crippen MR) is 61.8 cm³/mol. The highest BCUT2D eigenvalue weighted by atomic mass is 32.2. The fourth-order valence-electron chi connectivity index (χ4n) is 2.04. The van der Waals surface area contributed by atoms with Gasteiger partial charge >= 0.3 is 0 Å². The zero-order chi connectivity index (χ0) is 10.4. The molecule has 0 amide bonds. The molecule has 0 saturated carbocycles. The third kappa shape index (κ3) is 4.07. The first-order chi connectivity index (χ1) is 6.74. The van der Waals surface area contributed by atoms with Gasteiger partial charge in [-0.15, -0.1) is 0 Å². The van der Waals surface area contributed by atoms with Crippen LogP contribution in [0.25, 0.3) is 0 Å². The second-order valence-electron chi connectivity index (χ2n) is 4.05. The topological polar surface area (TPSA) is 46.3 Å². The lowest BCUT2D eigenvalue weighted by molar-refractivity contribution is 0.217. The standard InChI is InChI=1S/C10H22N2OS/c1-14(13)8-7-12-6-4-2-3-5-10(12)9-11/h10H,2-9,11H2,1H3. The molecule has 1 aliphatic rings. The number of hydrogen-bond acceptors (Lipinski definition) is 3. The van der Waals surface area contributed by atoms with E-state index in [1.807, 2.05) is 0 Å². The average Bonchev–Trinajstić information content (AvgIpc) is 2.38. The molecule has 1 saturated heterocycles. The van der Waals surface area contributed by atoms with E-state index >= 15 is 0 Å². The summed E-state index contributed by atoms with van der Waals surface area (Å²) in [6, 6.07) is 0.529.